The van der Waals surface area contributed by atoms with Crippen LogP contribution in [0.15, 0.2) is 36.4 Å². The Labute approximate surface area is 162 Å². The van der Waals surface area contributed by atoms with Crippen molar-refractivity contribution in [2.75, 3.05) is 24.5 Å². The minimum atomic E-state index is 0.0313. The fourth-order valence-electron chi connectivity index (χ4n) is 3.53. The van der Waals surface area contributed by atoms with Gasteiger partial charge in [-0.25, -0.2) is 0 Å². The number of rotatable bonds is 6. The van der Waals surface area contributed by atoms with Gasteiger partial charge in [-0.05, 0) is 49.8 Å². The zero-order valence-electron chi connectivity index (χ0n) is 16.6. The monoisotopic (exact) mass is 366 g/mol. The maximum atomic E-state index is 12.5. The maximum absolute atomic E-state index is 12.5. The predicted molar refractivity (Wildman–Crippen MR) is 110 cm³/mol. The molecule has 27 heavy (non-hydrogen) atoms. The number of carbonyl (C=O) groups is 1. The van der Waals surface area contributed by atoms with Crippen LogP contribution in [0, 0.1) is 18.8 Å². The summed E-state index contributed by atoms with van der Waals surface area (Å²) in [6, 6.07) is 12.2. The molecule has 5 nitrogen and oxygen atoms in total. The van der Waals surface area contributed by atoms with Crippen molar-refractivity contribution >= 4 is 11.7 Å². The van der Waals surface area contributed by atoms with Gasteiger partial charge in [0.2, 0.25) is 5.91 Å². The van der Waals surface area contributed by atoms with Crippen molar-refractivity contribution in [2.24, 2.45) is 11.8 Å². The van der Waals surface area contributed by atoms with E-state index in [0.717, 1.165) is 49.4 Å². The average Bonchev–Trinajstić information content (AvgIpc) is 2.68. The van der Waals surface area contributed by atoms with E-state index >= 15 is 0 Å². The number of hydrogen-bond donors (Lipinski definition) is 1. The van der Waals surface area contributed by atoms with E-state index in [-0.39, 0.29) is 11.8 Å². The van der Waals surface area contributed by atoms with Gasteiger partial charge in [0.05, 0.1) is 11.6 Å². The molecule has 1 aliphatic heterocycles. The van der Waals surface area contributed by atoms with Crippen LogP contribution in [0.5, 0.6) is 0 Å². The maximum Gasteiger partial charge on any atom is 0.224 e. The summed E-state index contributed by atoms with van der Waals surface area (Å²) in [6.45, 7) is 8.83. The van der Waals surface area contributed by atoms with Crippen LogP contribution in [0.2, 0.25) is 0 Å². The number of piperidine rings is 1. The Morgan fingerprint density at radius 2 is 2.04 bits per heavy atom. The molecular formula is C22H30N4O. The number of aromatic nitrogens is 2. The van der Waals surface area contributed by atoms with Crippen LogP contribution in [-0.4, -0.2) is 35.7 Å². The molecule has 1 N–H and O–H groups in total. The number of benzene rings is 1. The van der Waals surface area contributed by atoms with Crippen LogP contribution in [0.3, 0.4) is 0 Å². The highest BCUT2D eigenvalue weighted by molar-refractivity contribution is 5.79. The van der Waals surface area contributed by atoms with Crippen molar-refractivity contribution in [1.82, 2.24) is 15.5 Å². The fourth-order valence-corrected chi connectivity index (χ4v) is 3.53. The van der Waals surface area contributed by atoms with Gasteiger partial charge in [-0.1, -0.05) is 38.1 Å². The minimum Gasteiger partial charge on any atom is -0.356 e. The normalized spacial score (nSPS) is 17.2. The first kappa shape index (κ1) is 19.3. The third-order valence-corrected chi connectivity index (χ3v) is 5.21. The third-order valence-electron chi connectivity index (χ3n) is 5.21. The Bertz CT molecular complexity index is 757. The number of aryl methyl sites for hydroxylation is 1. The molecule has 2 aromatic rings. The summed E-state index contributed by atoms with van der Waals surface area (Å²) in [5.41, 5.74) is 3.19. The summed E-state index contributed by atoms with van der Waals surface area (Å²) in [7, 11) is 0. The molecule has 1 aromatic heterocycles. The van der Waals surface area contributed by atoms with Crippen LogP contribution >= 0.6 is 0 Å². The summed E-state index contributed by atoms with van der Waals surface area (Å²) in [5, 5.41) is 12.0. The molecule has 1 atom stereocenters. The topological polar surface area (TPSA) is 58.1 Å². The number of hydrogen-bond acceptors (Lipinski definition) is 4. The highest BCUT2D eigenvalue weighted by Crippen LogP contribution is 2.24. The molecule has 1 amide bonds. The summed E-state index contributed by atoms with van der Waals surface area (Å²) in [6.07, 6.45) is 2.97. The molecule has 1 unspecified atom stereocenters. The molecule has 2 heterocycles. The number of carbonyl (C=O) groups excluding carboxylic acids is 1. The van der Waals surface area contributed by atoms with E-state index in [0.29, 0.717) is 12.5 Å². The standard InChI is InChI=1S/C22H30N4O/c1-16(2)12-13-23-22(27)18-8-6-14-26(15-18)21-11-10-20(24-25-21)19-9-5-4-7-17(19)3/h4-5,7,9-11,16,18H,6,8,12-15H2,1-3H3,(H,23,27). The second-order valence-electron chi connectivity index (χ2n) is 7.85. The molecule has 1 aliphatic rings. The second kappa shape index (κ2) is 8.98. The number of nitrogens with one attached hydrogen (secondary N) is 1. The Morgan fingerprint density at radius 1 is 1.22 bits per heavy atom. The minimum absolute atomic E-state index is 0.0313. The van der Waals surface area contributed by atoms with E-state index in [9.17, 15) is 4.79 Å². The number of anilines is 1. The molecule has 3 rings (SSSR count). The quantitative estimate of drug-likeness (QED) is 0.844. The first-order valence-corrected chi connectivity index (χ1v) is 9.97. The van der Waals surface area contributed by atoms with Crippen LogP contribution < -0.4 is 10.2 Å². The molecule has 1 fully saturated rings. The molecule has 5 heteroatoms. The van der Waals surface area contributed by atoms with Gasteiger partial charge in [0.25, 0.3) is 0 Å². The molecule has 0 aliphatic carbocycles. The zero-order chi connectivity index (χ0) is 19.2. The molecule has 144 valence electrons. The average molecular weight is 367 g/mol. The van der Waals surface area contributed by atoms with Gasteiger partial charge in [0.15, 0.2) is 5.82 Å². The third kappa shape index (κ3) is 5.06. The summed E-state index contributed by atoms with van der Waals surface area (Å²) < 4.78 is 0. The van der Waals surface area contributed by atoms with E-state index in [2.05, 4.69) is 53.3 Å². The lowest BCUT2D eigenvalue weighted by Gasteiger charge is -2.32. The zero-order valence-corrected chi connectivity index (χ0v) is 16.6. The molecule has 0 radical (unpaired) electrons. The summed E-state index contributed by atoms with van der Waals surface area (Å²) in [4.78, 5) is 14.6. The van der Waals surface area contributed by atoms with Gasteiger partial charge in [-0.2, -0.15) is 0 Å². The van der Waals surface area contributed by atoms with Gasteiger partial charge in [0, 0.05) is 25.2 Å². The summed E-state index contributed by atoms with van der Waals surface area (Å²) >= 11 is 0. The largest absolute Gasteiger partial charge is 0.356 e. The van der Waals surface area contributed by atoms with E-state index < -0.39 is 0 Å². The Morgan fingerprint density at radius 3 is 2.74 bits per heavy atom. The highest BCUT2D eigenvalue weighted by Gasteiger charge is 2.26. The lowest BCUT2D eigenvalue weighted by molar-refractivity contribution is -0.125. The molecule has 0 saturated carbocycles. The smallest absolute Gasteiger partial charge is 0.224 e. The van der Waals surface area contributed by atoms with Crippen molar-refractivity contribution in [2.45, 2.75) is 40.0 Å². The van der Waals surface area contributed by atoms with E-state index in [1.54, 1.807) is 0 Å². The lowest BCUT2D eigenvalue weighted by atomic mass is 9.97. The van der Waals surface area contributed by atoms with Crippen LogP contribution in [0.4, 0.5) is 5.82 Å². The molecule has 1 aromatic carbocycles. The second-order valence-corrected chi connectivity index (χ2v) is 7.85. The molecule has 1 saturated heterocycles. The molecular weight excluding hydrogens is 336 g/mol. The van der Waals surface area contributed by atoms with Crippen molar-refractivity contribution < 1.29 is 4.79 Å². The van der Waals surface area contributed by atoms with Crippen molar-refractivity contribution in [3.05, 3.63) is 42.0 Å². The van der Waals surface area contributed by atoms with Crippen LogP contribution in [-0.2, 0) is 4.79 Å². The Hall–Kier alpha value is -2.43. The number of amides is 1. The van der Waals surface area contributed by atoms with E-state index in [4.69, 9.17) is 0 Å². The van der Waals surface area contributed by atoms with Gasteiger partial charge >= 0.3 is 0 Å². The van der Waals surface area contributed by atoms with Gasteiger partial charge < -0.3 is 10.2 Å². The van der Waals surface area contributed by atoms with Crippen LogP contribution in [0.25, 0.3) is 11.3 Å². The fraction of sp³-hybridized carbons (Fsp3) is 0.500. The van der Waals surface area contributed by atoms with E-state index in [1.807, 2.05) is 24.3 Å². The van der Waals surface area contributed by atoms with Crippen molar-refractivity contribution in [3.8, 4) is 11.3 Å². The van der Waals surface area contributed by atoms with Crippen molar-refractivity contribution in [3.63, 3.8) is 0 Å². The molecule has 0 spiro atoms. The molecule has 0 bridgehead atoms. The summed E-state index contributed by atoms with van der Waals surface area (Å²) in [5.74, 6) is 1.66. The van der Waals surface area contributed by atoms with E-state index in [1.165, 1.54) is 5.56 Å². The number of nitrogens with zero attached hydrogens (tertiary/aromatic N) is 3. The Kier molecular flexibility index (Phi) is 6.43. The first-order valence-electron chi connectivity index (χ1n) is 9.97. The van der Waals surface area contributed by atoms with Gasteiger partial charge in [-0.3, -0.25) is 4.79 Å². The highest BCUT2D eigenvalue weighted by atomic mass is 16.1. The lowest BCUT2D eigenvalue weighted by Crippen LogP contribution is -2.43. The predicted octanol–water partition coefficient (Wildman–Crippen LogP) is 3.83. The van der Waals surface area contributed by atoms with Crippen molar-refractivity contribution in [1.29, 1.82) is 0 Å². The van der Waals surface area contributed by atoms with Gasteiger partial charge in [-0.15, -0.1) is 10.2 Å². The van der Waals surface area contributed by atoms with Crippen LogP contribution in [0.1, 0.15) is 38.7 Å². The SMILES string of the molecule is Cc1ccccc1-c1ccc(N2CCCC(C(=O)NCCC(C)C)C2)nn1. The van der Waals surface area contributed by atoms with Gasteiger partial charge in [0.1, 0.15) is 0 Å². The first-order chi connectivity index (χ1) is 13.0. The Balaban J connectivity index is 1.62.